The maximum absolute atomic E-state index is 12.7. The molecule has 21 heavy (non-hydrogen) atoms. The molecule has 0 N–H and O–H groups in total. The molecule has 0 unspecified atom stereocenters. The summed E-state index contributed by atoms with van der Waals surface area (Å²) in [4.78, 5) is 8.15. The Bertz CT molecular complexity index is 752. The van der Waals surface area contributed by atoms with Crippen LogP contribution in [-0.4, -0.2) is 42.3 Å². The summed E-state index contributed by atoms with van der Waals surface area (Å²) in [7, 11) is 0.825. The molecule has 0 aliphatic carbocycles. The fourth-order valence-corrected chi connectivity index (χ4v) is 3.45. The normalized spacial score (nSPS) is 11.5. The van der Waals surface area contributed by atoms with E-state index in [9.17, 15) is 8.42 Å². The minimum atomic E-state index is -3.77. The number of aromatic nitrogens is 4. The highest BCUT2D eigenvalue weighted by Crippen LogP contribution is 2.24. The summed E-state index contributed by atoms with van der Waals surface area (Å²) in [5, 5.41) is 4.13. The molecule has 0 amide bonds. The number of methoxy groups -OCH3 is 1. The van der Waals surface area contributed by atoms with Crippen molar-refractivity contribution >= 4 is 16.0 Å². The van der Waals surface area contributed by atoms with Gasteiger partial charge in [-0.15, -0.1) is 0 Å². The van der Waals surface area contributed by atoms with Crippen LogP contribution in [0, 0.1) is 13.8 Å². The van der Waals surface area contributed by atoms with Crippen LogP contribution < -0.4 is 9.04 Å². The number of ether oxygens (including phenoxy) is 1. The molecule has 0 radical (unpaired) electrons. The SMILES string of the molecule is COc1cnc(N(C)S(=O)(=O)c2c(C)nn(C)c2C)nc1. The van der Waals surface area contributed by atoms with Crippen LogP contribution in [0.25, 0.3) is 0 Å². The van der Waals surface area contributed by atoms with Crippen molar-refractivity contribution in [3.63, 3.8) is 0 Å². The second-order valence-corrected chi connectivity index (χ2v) is 6.43. The Morgan fingerprint density at radius 1 is 1.24 bits per heavy atom. The molecular weight excluding hydrogens is 294 g/mol. The van der Waals surface area contributed by atoms with Gasteiger partial charge in [0.15, 0.2) is 5.75 Å². The molecule has 0 spiro atoms. The Morgan fingerprint density at radius 3 is 2.24 bits per heavy atom. The lowest BCUT2D eigenvalue weighted by molar-refractivity contribution is 0.411. The Morgan fingerprint density at radius 2 is 1.81 bits per heavy atom. The average molecular weight is 311 g/mol. The Hall–Kier alpha value is -2.16. The molecule has 0 aromatic carbocycles. The third-order valence-corrected chi connectivity index (χ3v) is 5.18. The van der Waals surface area contributed by atoms with Crippen LogP contribution >= 0.6 is 0 Å². The van der Waals surface area contributed by atoms with E-state index in [-0.39, 0.29) is 10.8 Å². The molecule has 9 heteroatoms. The molecule has 0 saturated carbocycles. The first kappa shape index (κ1) is 15.2. The highest BCUT2D eigenvalue weighted by atomic mass is 32.2. The molecule has 2 rings (SSSR count). The second kappa shape index (κ2) is 5.32. The van der Waals surface area contributed by atoms with E-state index in [4.69, 9.17) is 4.74 Å². The van der Waals surface area contributed by atoms with Gasteiger partial charge < -0.3 is 4.74 Å². The second-order valence-electron chi connectivity index (χ2n) is 4.52. The molecule has 0 atom stereocenters. The fraction of sp³-hybridized carbons (Fsp3) is 0.417. The standard InChI is InChI=1S/C12H17N5O3S/c1-8-11(9(2)16(3)15-8)21(18,19)17(4)12-13-6-10(20-5)7-14-12/h6-7H,1-5H3. The summed E-state index contributed by atoms with van der Waals surface area (Å²) >= 11 is 0. The van der Waals surface area contributed by atoms with Crippen LogP contribution in [-0.2, 0) is 17.1 Å². The van der Waals surface area contributed by atoms with Gasteiger partial charge in [-0.3, -0.25) is 4.68 Å². The number of aryl methyl sites for hydroxylation is 2. The zero-order valence-corrected chi connectivity index (χ0v) is 13.3. The summed E-state index contributed by atoms with van der Waals surface area (Å²) in [5.41, 5.74) is 1.00. The summed E-state index contributed by atoms with van der Waals surface area (Å²) in [6.45, 7) is 3.36. The zero-order valence-electron chi connectivity index (χ0n) is 12.5. The third kappa shape index (κ3) is 2.56. The molecule has 0 fully saturated rings. The van der Waals surface area contributed by atoms with Crippen LogP contribution in [0.5, 0.6) is 5.75 Å². The maximum Gasteiger partial charge on any atom is 0.270 e. The van der Waals surface area contributed by atoms with Crippen molar-refractivity contribution in [1.29, 1.82) is 0 Å². The molecule has 2 aromatic heterocycles. The number of hydrogen-bond donors (Lipinski definition) is 0. The third-order valence-electron chi connectivity index (χ3n) is 3.19. The number of hydrogen-bond acceptors (Lipinski definition) is 6. The van der Waals surface area contributed by atoms with E-state index in [0.717, 1.165) is 4.31 Å². The van der Waals surface area contributed by atoms with Crippen molar-refractivity contribution in [2.45, 2.75) is 18.7 Å². The Labute approximate surface area is 123 Å². The van der Waals surface area contributed by atoms with Crippen molar-refractivity contribution in [2.24, 2.45) is 7.05 Å². The van der Waals surface area contributed by atoms with E-state index < -0.39 is 10.0 Å². The molecule has 2 heterocycles. The monoisotopic (exact) mass is 311 g/mol. The van der Waals surface area contributed by atoms with Crippen molar-refractivity contribution in [2.75, 3.05) is 18.5 Å². The molecule has 0 aliphatic heterocycles. The van der Waals surface area contributed by atoms with Gasteiger partial charge in [-0.2, -0.15) is 5.10 Å². The molecule has 2 aromatic rings. The van der Waals surface area contributed by atoms with Gasteiger partial charge in [-0.25, -0.2) is 22.7 Å². The lowest BCUT2D eigenvalue weighted by atomic mass is 10.4. The highest BCUT2D eigenvalue weighted by molar-refractivity contribution is 7.92. The predicted octanol–water partition coefficient (Wildman–Crippen LogP) is 0.661. The number of rotatable bonds is 4. The zero-order chi connectivity index (χ0) is 15.8. The smallest absolute Gasteiger partial charge is 0.270 e. The summed E-state index contributed by atoms with van der Waals surface area (Å²) in [6.07, 6.45) is 2.83. The summed E-state index contributed by atoms with van der Waals surface area (Å²) in [5.74, 6) is 0.525. The molecular formula is C12H17N5O3S. The summed E-state index contributed by atoms with van der Waals surface area (Å²) < 4.78 is 32.9. The lowest BCUT2D eigenvalue weighted by Gasteiger charge is -2.17. The molecule has 0 aliphatic rings. The van der Waals surface area contributed by atoms with E-state index in [1.807, 2.05) is 0 Å². The number of anilines is 1. The van der Waals surface area contributed by atoms with E-state index >= 15 is 0 Å². The summed E-state index contributed by atoms with van der Waals surface area (Å²) in [6, 6.07) is 0. The number of sulfonamides is 1. The average Bonchev–Trinajstić information content (AvgIpc) is 2.71. The first-order valence-electron chi connectivity index (χ1n) is 6.14. The van der Waals surface area contributed by atoms with Crippen molar-refractivity contribution < 1.29 is 13.2 Å². The van der Waals surface area contributed by atoms with Gasteiger partial charge in [0.25, 0.3) is 10.0 Å². The van der Waals surface area contributed by atoms with Crippen molar-refractivity contribution in [3.8, 4) is 5.75 Å². The minimum absolute atomic E-state index is 0.0680. The van der Waals surface area contributed by atoms with Gasteiger partial charge in [0.1, 0.15) is 4.90 Å². The van der Waals surface area contributed by atoms with Gasteiger partial charge in [-0.05, 0) is 13.8 Å². The van der Waals surface area contributed by atoms with Crippen molar-refractivity contribution in [3.05, 3.63) is 23.8 Å². The molecule has 0 bridgehead atoms. The van der Waals surface area contributed by atoms with Gasteiger partial charge in [-0.1, -0.05) is 0 Å². The molecule has 0 saturated heterocycles. The molecule has 8 nitrogen and oxygen atoms in total. The largest absolute Gasteiger partial charge is 0.494 e. The number of nitrogens with zero attached hydrogens (tertiary/aromatic N) is 5. The van der Waals surface area contributed by atoms with Gasteiger partial charge in [0.2, 0.25) is 5.95 Å². The van der Waals surface area contributed by atoms with Gasteiger partial charge in [0.05, 0.1) is 30.9 Å². The quantitative estimate of drug-likeness (QED) is 0.824. The van der Waals surface area contributed by atoms with E-state index in [0.29, 0.717) is 17.1 Å². The van der Waals surface area contributed by atoms with Crippen LogP contribution in [0.15, 0.2) is 17.3 Å². The highest BCUT2D eigenvalue weighted by Gasteiger charge is 2.29. The van der Waals surface area contributed by atoms with Crippen molar-refractivity contribution in [1.82, 2.24) is 19.7 Å². The lowest BCUT2D eigenvalue weighted by Crippen LogP contribution is -2.29. The van der Waals surface area contributed by atoms with Crippen LogP contribution in [0.2, 0.25) is 0 Å². The van der Waals surface area contributed by atoms with Crippen LogP contribution in [0.3, 0.4) is 0 Å². The van der Waals surface area contributed by atoms with Crippen LogP contribution in [0.1, 0.15) is 11.4 Å². The minimum Gasteiger partial charge on any atom is -0.494 e. The fourth-order valence-electron chi connectivity index (χ4n) is 1.95. The first-order valence-corrected chi connectivity index (χ1v) is 7.58. The maximum atomic E-state index is 12.7. The van der Waals surface area contributed by atoms with Crippen LogP contribution in [0.4, 0.5) is 5.95 Å². The van der Waals surface area contributed by atoms with Gasteiger partial charge in [0, 0.05) is 14.1 Å². The van der Waals surface area contributed by atoms with E-state index in [2.05, 4.69) is 15.1 Å². The first-order chi connectivity index (χ1) is 9.78. The van der Waals surface area contributed by atoms with E-state index in [1.54, 1.807) is 20.9 Å². The predicted molar refractivity (Wildman–Crippen MR) is 76.9 cm³/mol. The van der Waals surface area contributed by atoms with Gasteiger partial charge >= 0.3 is 0 Å². The van der Waals surface area contributed by atoms with E-state index in [1.165, 1.54) is 31.2 Å². The topological polar surface area (TPSA) is 90.2 Å². The Balaban J connectivity index is 2.47. The molecule has 114 valence electrons. The Kier molecular flexibility index (Phi) is 3.86.